The monoisotopic (exact) mass is 389 g/mol. The number of thiophene rings is 1. The number of nitrogens with zero attached hydrogens (tertiary/aromatic N) is 5. The van der Waals surface area contributed by atoms with Crippen LogP contribution >= 0.6 is 11.3 Å². The number of aryl methyl sites for hydroxylation is 3. The van der Waals surface area contributed by atoms with Crippen molar-refractivity contribution >= 4 is 28.4 Å². The number of carbonyl (C=O) groups is 1. The first-order chi connectivity index (χ1) is 12.8. The molecule has 0 bridgehead atoms. The van der Waals surface area contributed by atoms with Crippen LogP contribution < -0.4 is 11.2 Å². The highest BCUT2D eigenvalue weighted by atomic mass is 32.1. The number of hydrogen-bond donors (Lipinski definition) is 0. The molecular formula is C18H23N5O3S. The average molecular weight is 389 g/mol. The Morgan fingerprint density at radius 2 is 2.00 bits per heavy atom. The van der Waals surface area contributed by atoms with Gasteiger partial charge in [0.25, 0.3) is 5.56 Å². The molecular weight excluding hydrogens is 366 g/mol. The van der Waals surface area contributed by atoms with Gasteiger partial charge in [0, 0.05) is 39.0 Å². The van der Waals surface area contributed by atoms with E-state index < -0.39 is 5.69 Å². The number of hydrogen-bond acceptors (Lipinski definition) is 5. The standard InChI is InChI=1S/C18H23N5O3S/c1-12-7-9-27-13(12)10-20(2)14(24)6-5-8-23-11-19-16-15(23)17(25)22(4)18(26)21(16)3/h7,9,11H,5-6,8,10H2,1-4H3. The lowest BCUT2D eigenvalue weighted by Gasteiger charge is -2.17. The minimum atomic E-state index is -0.404. The zero-order valence-corrected chi connectivity index (χ0v) is 16.7. The lowest BCUT2D eigenvalue weighted by Crippen LogP contribution is -2.37. The van der Waals surface area contributed by atoms with Gasteiger partial charge in [-0.2, -0.15) is 0 Å². The Morgan fingerprint density at radius 1 is 1.26 bits per heavy atom. The van der Waals surface area contributed by atoms with Crippen molar-refractivity contribution in [3.8, 4) is 0 Å². The third kappa shape index (κ3) is 3.59. The maximum atomic E-state index is 12.4. The van der Waals surface area contributed by atoms with Gasteiger partial charge in [0.05, 0.1) is 12.9 Å². The molecule has 0 aromatic carbocycles. The van der Waals surface area contributed by atoms with Crippen molar-refractivity contribution in [3.63, 3.8) is 0 Å². The highest BCUT2D eigenvalue weighted by Crippen LogP contribution is 2.17. The summed E-state index contributed by atoms with van der Waals surface area (Å²) in [7, 11) is 4.85. The first-order valence-electron chi connectivity index (χ1n) is 8.69. The van der Waals surface area contributed by atoms with Gasteiger partial charge < -0.3 is 9.47 Å². The van der Waals surface area contributed by atoms with Crippen LogP contribution in [0.1, 0.15) is 23.3 Å². The maximum absolute atomic E-state index is 12.4. The third-order valence-corrected chi connectivity index (χ3v) is 5.79. The molecule has 0 aliphatic heterocycles. The summed E-state index contributed by atoms with van der Waals surface area (Å²) >= 11 is 1.65. The zero-order chi connectivity index (χ0) is 19.7. The Balaban J connectivity index is 1.67. The van der Waals surface area contributed by atoms with Crippen molar-refractivity contribution < 1.29 is 4.79 Å². The fraction of sp³-hybridized carbons (Fsp3) is 0.444. The van der Waals surface area contributed by atoms with E-state index >= 15 is 0 Å². The van der Waals surface area contributed by atoms with Gasteiger partial charge in [-0.1, -0.05) is 0 Å². The van der Waals surface area contributed by atoms with E-state index in [4.69, 9.17) is 0 Å². The smallest absolute Gasteiger partial charge is 0.332 e. The molecule has 0 atom stereocenters. The van der Waals surface area contributed by atoms with Crippen LogP contribution in [0.25, 0.3) is 11.2 Å². The number of imidazole rings is 1. The van der Waals surface area contributed by atoms with E-state index in [2.05, 4.69) is 11.1 Å². The first-order valence-corrected chi connectivity index (χ1v) is 9.57. The van der Waals surface area contributed by atoms with Crippen molar-refractivity contribution in [2.45, 2.75) is 32.9 Å². The van der Waals surface area contributed by atoms with E-state index in [0.29, 0.717) is 37.1 Å². The first kappa shape index (κ1) is 19.1. The van der Waals surface area contributed by atoms with Crippen LogP contribution in [0.15, 0.2) is 27.4 Å². The van der Waals surface area contributed by atoms with E-state index in [9.17, 15) is 14.4 Å². The predicted octanol–water partition coefficient (Wildman–Crippen LogP) is 1.24. The van der Waals surface area contributed by atoms with Crippen LogP contribution in [0, 0.1) is 6.92 Å². The van der Waals surface area contributed by atoms with Gasteiger partial charge >= 0.3 is 5.69 Å². The summed E-state index contributed by atoms with van der Waals surface area (Å²) in [5, 5.41) is 2.03. The summed E-state index contributed by atoms with van der Waals surface area (Å²) in [4.78, 5) is 43.9. The molecule has 0 spiro atoms. The molecule has 3 aromatic rings. The quantitative estimate of drug-likeness (QED) is 0.635. The Morgan fingerprint density at radius 3 is 2.67 bits per heavy atom. The van der Waals surface area contributed by atoms with Gasteiger partial charge in [-0.3, -0.25) is 18.7 Å². The molecule has 0 saturated carbocycles. The zero-order valence-electron chi connectivity index (χ0n) is 15.9. The molecule has 3 heterocycles. The molecule has 3 aromatic heterocycles. The molecule has 8 nitrogen and oxygen atoms in total. The topological polar surface area (TPSA) is 82.1 Å². The molecule has 0 aliphatic carbocycles. The minimum absolute atomic E-state index is 0.0625. The minimum Gasteiger partial charge on any atom is -0.341 e. The van der Waals surface area contributed by atoms with E-state index in [0.717, 1.165) is 4.57 Å². The number of fused-ring (bicyclic) bond motifs is 1. The van der Waals surface area contributed by atoms with E-state index in [1.54, 1.807) is 41.2 Å². The second kappa shape index (κ2) is 7.51. The van der Waals surface area contributed by atoms with Gasteiger partial charge in [0.15, 0.2) is 11.2 Å². The number of amides is 1. The molecule has 0 N–H and O–H groups in total. The van der Waals surface area contributed by atoms with Crippen LogP contribution in [0.5, 0.6) is 0 Å². The summed E-state index contributed by atoms with van der Waals surface area (Å²) in [6.07, 6.45) is 2.52. The van der Waals surface area contributed by atoms with E-state index in [1.807, 2.05) is 12.3 Å². The highest BCUT2D eigenvalue weighted by molar-refractivity contribution is 7.10. The van der Waals surface area contributed by atoms with Gasteiger partial charge in [-0.25, -0.2) is 9.78 Å². The van der Waals surface area contributed by atoms with Gasteiger partial charge in [-0.15, -0.1) is 11.3 Å². The lowest BCUT2D eigenvalue weighted by atomic mass is 10.2. The van der Waals surface area contributed by atoms with Crippen LogP contribution in [-0.4, -0.2) is 36.5 Å². The largest absolute Gasteiger partial charge is 0.341 e. The molecule has 27 heavy (non-hydrogen) atoms. The van der Waals surface area contributed by atoms with Crippen molar-refractivity contribution in [3.05, 3.63) is 49.1 Å². The van der Waals surface area contributed by atoms with E-state index in [1.165, 1.54) is 22.1 Å². The molecule has 9 heteroatoms. The summed E-state index contributed by atoms with van der Waals surface area (Å²) in [5.74, 6) is 0.0625. The third-order valence-electron chi connectivity index (χ3n) is 4.78. The number of aromatic nitrogens is 4. The Bertz CT molecular complexity index is 1100. The average Bonchev–Trinajstić information content (AvgIpc) is 3.24. The second-order valence-electron chi connectivity index (χ2n) is 6.70. The number of carbonyl (C=O) groups excluding carboxylic acids is 1. The molecule has 0 aliphatic rings. The molecule has 0 fully saturated rings. The van der Waals surface area contributed by atoms with Crippen molar-refractivity contribution in [1.82, 2.24) is 23.6 Å². The van der Waals surface area contributed by atoms with Gasteiger partial charge in [0.2, 0.25) is 5.91 Å². The normalized spacial score (nSPS) is 11.3. The Kier molecular flexibility index (Phi) is 5.31. The molecule has 0 saturated heterocycles. The summed E-state index contributed by atoms with van der Waals surface area (Å²) < 4.78 is 4.14. The van der Waals surface area contributed by atoms with Crippen LogP contribution in [0.3, 0.4) is 0 Å². The molecule has 0 radical (unpaired) electrons. The molecule has 1 amide bonds. The number of rotatable bonds is 6. The highest BCUT2D eigenvalue weighted by Gasteiger charge is 2.15. The summed E-state index contributed by atoms with van der Waals surface area (Å²) in [5.41, 5.74) is 1.17. The fourth-order valence-electron chi connectivity index (χ4n) is 3.03. The van der Waals surface area contributed by atoms with E-state index in [-0.39, 0.29) is 11.5 Å². The SMILES string of the molecule is Cc1ccsc1CN(C)C(=O)CCCn1cnc2c1c(=O)n(C)c(=O)n2C. The molecule has 3 rings (SSSR count). The van der Waals surface area contributed by atoms with Crippen LogP contribution in [-0.2, 0) is 32.0 Å². The van der Waals surface area contributed by atoms with Gasteiger partial charge in [-0.05, 0) is 30.4 Å². The van der Waals surface area contributed by atoms with Crippen molar-refractivity contribution in [1.29, 1.82) is 0 Å². The molecule has 144 valence electrons. The predicted molar refractivity (Wildman–Crippen MR) is 105 cm³/mol. The Labute approximate surface area is 160 Å². The summed E-state index contributed by atoms with van der Waals surface area (Å²) in [6.45, 7) is 3.14. The van der Waals surface area contributed by atoms with Crippen LogP contribution in [0.2, 0.25) is 0 Å². The lowest BCUT2D eigenvalue weighted by molar-refractivity contribution is -0.130. The van der Waals surface area contributed by atoms with Crippen molar-refractivity contribution in [2.24, 2.45) is 14.1 Å². The summed E-state index contributed by atoms with van der Waals surface area (Å²) in [6, 6.07) is 2.05. The Hall–Kier alpha value is -2.68. The van der Waals surface area contributed by atoms with Gasteiger partial charge in [0.1, 0.15) is 0 Å². The van der Waals surface area contributed by atoms with Crippen LogP contribution in [0.4, 0.5) is 0 Å². The van der Waals surface area contributed by atoms with Crippen molar-refractivity contribution in [2.75, 3.05) is 7.05 Å². The molecule has 0 unspecified atom stereocenters. The maximum Gasteiger partial charge on any atom is 0.332 e. The fourth-order valence-corrected chi connectivity index (χ4v) is 3.99. The second-order valence-corrected chi connectivity index (χ2v) is 7.70.